The van der Waals surface area contributed by atoms with Gasteiger partial charge in [-0.15, -0.1) is 0 Å². The van der Waals surface area contributed by atoms with E-state index in [2.05, 4.69) is 21.3 Å². The number of amides is 1. The number of aliphatic hydroxyl groups excluding tert-OH is 1. The Labute approximate surface area is 145 Å². The zero-order valence-corrected chi connectivity index (χ0v) is 13.5. The Hall–Kier alpha value is -3.29. The van der Waals surface area contributed by atoms with Gasteiger partial charge in [0, 0.05) is 18.8 Å². The summed E-state index contributed by atoms with van der Waals surface area (Å²) in [6.45, 7) is 1.39. The Kier molecular flexibility index (Phi) is 4.69. The van der Waals surface area contributed by atoms with Gasteiger partial charge < -0.3 is 20.3 Å². The summed E-state index contributed by atoms with van der Waals surface area (Å²) in [7, 11) is 0. The Balaban J connectivity index is 1.76. The number of aromatic amines is 1. The van der Waals surface area contributed by atoms with Crippen molar-refractivity contribution in [3.05, 3.63) is 47.3 Å². The second-order valence-corrected chi connectivity index (χ2v) is 5.91. The quantitative estimate of drug-likeness (QED) is 0.793. The topological polar surface area (TPSA) is 116 Å². The van der Waals surface area contributed by atoms with Crippen LogP contribution in [0.1, 0.15) is 34.6 Å². The van der Waals surface area contributed by atoms with Crippen molar-refractivity contribution in [3.63, 3.8) is 0 Å². The van der Waals surface area contributed by atoms with Crippen LogP contribution in [0.15, 0.2) is 30.3 Å². The van der Waals surface area contributed by atoms with Crippen molar-refractivity contribution in [2.75, 3.05) is 23.3 Å². The van der Waals surface area contributed by atoms with Crippen molar-refractivity contribution in [1.29, 1.82) is 10.5 Å². The zero-order chi connectivity index (χ0) is 17.8. The molecule has 1 aliphatic heterocycles. The van der Waals surface area contributed by atoms with E-state index < -0.39 is 0 Å². The second-order valence-electron chi connectivity index (χ2n) is 5.91. The molecule has 3 rings (SSSR count). The summed E-state index contributed by atoms with van der Waals surface area (Å²) in [5.41, 5.74) is 2.38. The van der Waals surface area contributed by atoms with Gasteiger partial charge in [0.2, 0.25) is 0 Å². The SMILES string of the molecule is N#Cc1ccc(C(=O)Nc2ccc(N3CCC(O)CC3)c(C#N)c2)[nH]1. The molecule has 3 N–H and O–H groups in total. The molecule has 1 aromatic carbocycles. The van der Waals surface area contributed by atoms with Crippen LogP contribution < -0.4 is 10.2 Å². The highest BCUT2D eigenvalue weighted by Gasteiger charge is 2.20. The number of nitrogens with one attached hydrogen (secondary N) is 2. The van der Waals surface area contributed by atoms with E-state index in [1.807, 2.05) is 6.07 Å². The number of aliphatic hydroxyl groups is 1. The van der Waals surface area contributed by atoms with Crippen molar-refractivity contribution < 1.29 is 9.90 Å². The lowest BCUT2D eigenvalue weighted by atomic mass is 10.0. The van der Waals surface area contributed by atoms with Crippen LogP contribution in [0.3, 0.4) is 0 Å². The molecule has 0 bridgehead atoms. The van der Waals surface area contributed by atoms with Crippen LogP contribution in [-0.2, 0) is 0 Å². The first kappa shape index (κ1) is 16.6. The van der Waals surface area contributed by atoms with Crippen LogP contribution in [0.25, 0.3) is 0 Å². The van der Waals surface area contributed by atoms with Gasteiger partial charge in [-0.1, -0.05) is 0 Å². The fourth-order valence-electron chi connectivity index (χ4n) is 2.88. The van der Waals surface area contributed by atoms with Crippen LogP contribution in [0.5, 0.6) is 0 Å². The molecule has 1 amide bonds. The number of nitriles is 2. The third-order valence-corrected chi connectivity index (χ3v) is 4.23. The summed E-state index contributed by atoms with van der Waals surface area (Å²) in [6, 6.07) is 12.3. The van der Waals surface area contributed by atoms with Gasteiger partial charge in [0.25, 0.3) is 5.91 Å². The average Bonchev–Trinajstić information content (AvgIpc) is 3.12. The van der Waals surface area contributed by atoms with E-state index in [4.69, 9.17) is 5.26 Å². The number of anilines is 2. The number of carbonyl (C=O) groups excluding carboxylic acids is 1. The molecule has 1 aromatic heterocycles. The van der Waals surface area contributed by atoms with E-state index in [0.29, 0.717) is 42.9 Å². The summed E-state index contributed by atoms with van der Waals surface area (Å²) in [5.74, 6) is -0.376. The first-order valence-electron chi connectivity index (χ1n) is 7.98. The molecular formula is C18H17N5O2. The molecule has 1 fully saturated rings. The third kappa shape index (κ3) is 3.63. The highest BCUT2D eigenvalue weighted by atomic mass is 16.3. The summed E-state index contributed by atoms with van der Waals surface area (Å²) in [4.78, 5) is 17.0. The van der Waals surface area contributed by atoms with Crippen LogP contribution in [-0.4, -0.2) is 35.2 Å². The minimum absolute atomic E-state index is 0.278. The van der Waals surface area contributed by atoms with Gasteiger partial charge in [-0.25, -0.2) is 0 Å². The molecule has 126 valence electrons. The Morgan fingerprint density at radius 1 is 1.20 bits per heavy atom. The van der Waals surface area contributed by atoms with E-state index in [-0.39, 0.29) is 17.7 Å². The molecule has 7 nitrogen and oxygen atoms in total. The number of H-pyrrole nitrogens is 1. The highest BCUT2D eigenvalue weighted by molar-refractivity contribution is 6.03. The molecule has 1 saturated heterocycles. The Bertz CT molecular complexity index is 866. The molecular weight excluding hydrogens is 318 g/mol. The minimum Gasteiger partial charge on any atom is -0.393 e. The molecule has 0 saturated carbocycles. The zero-order valence-electron chi connectivity index (χ0n) is 13.5. The van der Waals surface area contributed by atoms with Gasteiger partial charge in [0.15, 0.2) is 0 Å². The number of carbonyl (C=O) groups is 1. The maximum Gasteiger partial charge on any atom is 0.272 e. The fourth-order valence-corrected chi connectivity index (χ4v) is 2.88. The minimum atomic E-state index is -0.376. The lowest BCUT2D eigenvalue weighted by Gasteiger charge is -2.32. The Morgan fingerprint density at radius 2 is 1.96 bits per heavy atom. The monoisotopic (exact) mass is 335 g/mol. The predicted molar refractivity (Wildman–Crippen MR) is 92.1 cm³/mol. The van der Waals surface area contributed by atoms with Crippen LogP contribution in [0.4, 0.5) is 11.4 Å². The maximum absolute atomic E-state index is 12.2. The average molecular weight is 335 g/mol. The van der Waals surface area contributed by atoms with E-state index in [9.17, 15) is 15.2 Å². The molecule has 25 heavy (non-hydrogen) atoms. The van der Waals surface area contributed by atoms with Crippen LogP contribution >= 0.6 is 0 Å². The van der Waals surface area contributed by atoms with E-state index in [0.717, 1.165) is 5.69 Å². The highest BCUT2D eigenvalue weighted by Crippen LogP contribution is 2.27. The molecule has 1 aliphatic rings. The predicted octanol–water partition coefficient (Wildman–Crippen LogP) is 1.97. The van der Waals surface area contributed by atoms with Gasteiger partial charge in [-0.3, -0.25) is 4.79 Å². The molecule has 0 atom stereocenters. The number of piperidine rings is 1. The van der Waals surface area contributed by atoms with Gasteiger partial charge in [-0.05, 0) is 43.2 Å². The van der Waals surface area contributed by atoms with Gasteiger partial charge in [0.1, 0.15) is 23.5 Å². The summed E-state index contributed by atoms with van der Waals surface area (Å²) >= 11 is 0. The number of hydrogen-bond donors (Lipinski definition) is 3. The number of aromatic nitrogens is 1. The van der Waals surface area contributed by atoms with Crippen molar-refractivity contribution in [1.82, 2.24) is 4.98 Å². The molecule has 0 unspecified atom stereocenters. The van der Waals surface area contributed by atoms with Gasteiger partial charge in [-0.2, -0.15) is 10.5 Å². The van der Waals surface area contributed by atoms with E-state index in [1.165, 1.54) is 12.1 Å². The first-order chi connectivity index (χ1) is 12.1. The van der Waals surface area contributed by atoms with Crippen molar-refractivity contribution in [3.8, 4) is 12.1 Å². The lowest BCUT2D eigenvalue weighted by Crippen LogP contribution is -2.36. The van der Waals surface area contributed by atoms with Crippen molar-refractivity contribution >= 4 is 17.3 Å². The lowest BCUT2D eigenvalue weighted by molar-refractivity contribution is 0.102. The van der Waals surface area contributed by atoms with Crippen molar-refractivity contribution in [2.24, 2.45) is 0 Å². The smallest absolute Gasteiger partial charge is 0.272 e. The maximum atomic E-state index is 12.2. The van der Waals surface area contributed by atoms with Crippen molar-refractivity contribution in [2.45, 2.75) is 18.9 Å². The molecule has 7 heteroatoms. The first-order valence-corrected chi connectivity index (χ1v) is 7.98. The van der Waals surface area contributed by atoms with Crippen LogP contribution in [0.2, 0.25) is 0 Å². The molecule has 2 aromatic rings. The summed E-state index contributed by atoms with van der Waals surface area (Å²) in [6.07, 6.45) is 1.08. The third-order valence-electron chi connectivity index (χ3n) is 4.23. The Morgan fingerprint density at radius 3 is 2.60 bits per heavy atom. The summed E-state index contributed by atoms with van der Waals surface area (Å²) < 4.78 is 0. The fraction of sp³-hybridized carbons (Fsp3) is 0.278. The normalized spacial score (nSPS) is 14.6. The second kappa shape index (κ2) is 7.08. The molecule has 0 radical (unpaired) electrons. The molecule has 2 heterocycles. The van der Waals surface area contributed by atoms with Gasteiger partial charge >= 0.3 is 0 Å². The van der Waals surface area contributed by atoms with Crippen LogP contribution in [0, 0.1) is 22.7 Å². The number of rotatable bonds is 3. The largest absolute Gasteiger partial charge is 0.393 e. The summed E-state index contributed by atoms with van der Waals surface area (Å²) in [5, 5.41) is 30.6. The van der Waals surface area contributed by atoms with E-state index >= 15 is 0 Å². The standard InChI is InChI=1S/C18H17N5O2/c19-10-12-9-13(22-18(25)16-3-1-14(11-20)21-16)2-4-17(12)23-7-5-15(24)6-8-23/h1-4,9,15,21,24H,5-8H2,(H,22,25). The number of hydrogen-bond acceptors (Lipinski definition) is 5. The molecule has 0 aliphatic carbocycles. The van der Waals surface area contributed by atoms with Gasteiger partial charge in [0.05, 0.1) is 17.4 Å². The van der Waals surface area contributed by atoms with E-state index in [1.54, 1.807) is 18.2 Å². The number of nitrogens with zero attached hydrogens (tertiary/aromatic N) is 3. The molecule has 0 spiro atoms. The number of benzene rings is 1.